The largest absolute Gasteiger partial charge is 0.509 e. The molecule has 2 N–H and O–H groups in total. The number of aromatic nitrogens is 1. The molecule has 22 heavy (non-hydrogen) atoms. The van der Waals surface area contributed by atoms with Gasteiger partial charge in [-0.05, 0) is 36.8 Å². The Kier molecular flexibility index (Phi) is 2.82. The van der Waals surface area contributed by atoms with Gasteiger partial charge in [0.2, 0.25) is 0 Å². The van der Waals surface area contributed by atoms with Gasteiger partial charge in [-0.2, -0.15) is 0 Å². The van der Waals surface area contributed by atoms with Crippen molar-refractivity contribution in [1.82, 2.24) is 9.88 Å². The molecule has 1 aromatic heterocycles. The number of fused-ring (bicyclic) bond motifs is 1. The highest BCUT2D eigenvalue weighted by Gasteiger charge is 2.67. The van der Waals surface area contributed by atoms with Crippen LogP contribution < -0.4 is 0 Å². The first-order valence-corrected chi connectivity index (χ1v) is 7.78. The van der Waals surface area contributed by atoms with Crippen molar-refractivity contribution < 1.29 is 5.11 Å². The maximum absolute atomic E-state index is 10.9. The number of rotatable bonds is 1. The van der Waals surface area contributed by atoms with Crippen molar-refractivity contribution >= 4 is 11.4 Å². The van der Waals surface area contributed by atoms with Crippen LogP contribution in [-0.2, 0) is 0 Å². The molecule has 4 heteroatoms. The SMILES string of the molecule is CC1(C)[C@@H]2C(O)=C(c3ccccn3)C(=N)N2C(C)(C)C1(C)C. The second-order valence-corrected chi connectivity index (χ2v) is 8.00. The van der Waals surface area contributed by atoms with Gasteiger partial charge in [0.1, 0.15) is 11.6 Å². The summed E-state index contributed by atoms with van der Waals surface area (Å²) >= 11 is 0. The first-order chi connectivity index (χ1) is 10.0. The molecule has 0 spiro atoms. The molecule has 0 amide bonds. The van der Waals surface area contributed by atoms with Gasteiger partial charge < -0.3 is 10.0 Å². The molecule has 118 valence electrons. The van der Waals surface area contributed by atoms with Crippen molar-refractivity contribution in [2.45, 2.75) is 53.1 Å². The predicted octanol–water partition coefficient (Wildman–Crippen LogP) is 3.86. The summed E-state index contributed by atoms with van der Waals surface area (Å²) in [5.41, 5.74) is 0.790. The highest BCUT2D eigenvalue weighted by atomic mass is 16.3. The van der Waals surface area contributed by atoms with Crippen LogP contribution in [0.25, 0.3) is 5.57 Å². The van der Waals surface area contributed by atoms with Crippen LogP contribution in [0.2, 0.25) is 0 Å². The number of nitrogens with zero attached hydrogens (tertiary/aromatic N) is 2. The Morgan fingerprint density at radius 2 is 1.77 bits per heavy atom. The molecule has 4 nitrogen and oxygen atoms in total. The molecule has 1 atom stereocenters. The van der Waals surface area contributed by atoms with E-state index >= 15 is 0 Å². The molecule has 0 unspecified atom stereocenters. The molecule has 1 aromatic rings. The molecule has 3 rings (SSSR count). The smallest absolute Gasteiger partial charge is 0.134 e. The Morgan fingerprint density at radius 1 is 1.14 bits per heavy atom. The lowest BCUT2D eigenvalue weighted by atomic mass is 9.60. The number of aliphatic hydroxyl groups is 1. The fraction of sp³-hybridized carbons (Fsp3) is 0.556. The molecule has 0 radical (unpaired) electrons. The average Bonchev–Trinajstić information content (AvgIpc) is 2.76. The molecule has 1 fully saturated rings. The molecule has 2 aliphatic heterocycles. The maximum Gasteiger partial charge on any atom is 0.134 e. The fourth-order valence-corrected chi connectivity index (χ4v) is 4.09. The normalized spacial score (nSPS) is 28.2. The van der Waals surface area contributed by atoms with Crippen molar-refractivity contribution in [2.75, 3.05) is 0 Å². The molecular weight excluding hydrogens is 274 g/mol. The van der Waals surface area contributed by atoms with Crippen molar-refractivity contribution in [1.29, 1.82) is 5.41 Å². The Bertz CT molecular complexity index is 671. The van der Waals surface area contributed by atoms with E-state index in [1.54, 1.807) is 6.20 Å². The lowest BCUT2D eigenvalue weighted by molar-refractivity contribution is 0.0803. The van der Waals surface area contributed by atoms with Crippen LogP contribution in [0, 0.1) is 16.2 Å². The maximum atomic E-state index is 10.9. The minimum absolute atomic E-state index is 0.0550. The third-order valence-electron chi connectivity index (χ3n) is 6.60. The van der Waals surface area contributed by atoms with Crippen LogP contribution >= 0.6 is 0 Å². The van der Waals surface area contributed by atoms with Gasteiger partial charge in [-0.1, -0.05) is 33.8 Å². The van der Waals surface area contributed by atoms with Gasteiger partial charge in [-0.25, -0.2) is 0 Å². The van der Waals surface area contributed by atoms with Gasteiger partial charge in [0.05, 0.1) is 17.3 Å². The zero-order valence-electron chi connectivity index (χ0n) is 14.2. The molecule has 0 bridgehead atoms. The quantitative estimate of drug-likeness (QED) is 0.828. The van der Waals surface area contributed by atoms with Gasteiger partial charge in [-0.3, -0.25) is 10.4 Å². The fourth-order valence-electron chi connectivity index (χ4n) is 4.09. The minimum Gasteiger partial charge on any atom is -0.509 e. The molecular formula is C18H25N3O. The highest BCUT2D eigenvalue weighted by molar-refractivity contribution is 6.24. The lowest BCUT2D eigenvalue weighted by Crippen LogP contribution is -2.50. The number of nitrogens with one attached hydrogen (secondary N) is 1. The standard InChI is InChI=1S/C18H25N3O/c1-16(2)14-13(22)12(11-9-7-8-10-20-11)15(19)21(14)18(5,6)17(16,3)4/h7-10,14,19,22H,1-6H3/t14-/m0/s1. The third-order valence-corrected chi connectivity index (χ3v) is 6.60. The van der Waals surface area contributed by atoms with E-state index in [-0.39, 0.29) is 28.2 Å². The van der Waals surface area contributed by atoms with E-state index in [0.29, 0.717) is 17.1 Å². The van der Waals surface area contributed by atoms with Gasteiger partial charge in [0.25, 0.3) is 0 Å². The number of hydrogen-bond acceptors (Lipinski definition) is 3. The highest BCUT2D eigenvalue weighted by Crippen LogP contribution is 2.63. The number of pyridine rings is 1. The van der Waals surface area contributed by atoms with E-state index in [1.807, 2.05) is 18.2 Å². The monoisotopic (exact) mass is 299 g/mol. The summed E-state index contributed by atoms with van der Waals surface area (Å²) in [6, 6.07) is 5.41. The molecule has 0 aliphatic carbocycles. The van der Waals surface area contributed by atoms with Crippen LogP contribution in [0.1, 0.15) is 47.2 Å². The summed E-state index contributed by atoms with van der Waals surface area (Å²) < 4.78 is 0. The molecule has 1 saturated heterocycles. The third kappa shape index (κ3) is 1.48. The van der Waals surface area contributed by atoms with Crippen molar-refractivity contribution in [3.8, 4) is 0 Å². The summed E-state index contributed by atoms with van der Waals surface area (Å²) in [7, 11) is 0. The van der Waals surface area contributed by atoms with E-state index in [9.17, 15) is 5.11 Å². The van der Waals surface area contributed by atoms with Crippen molar-refractivity contribution in [3.63, 3.8) is 0 Å². The van der Waals surface area contributed by atoms with Crippen LogP contribution in [-0.4, -0.2) is 32.4 Å². The second kappa shape index (κ2) is 4.12. The molecule has 3 heterocycles. The molecule has 0 saturated carbocycles. The Hall–Kier alpha value is -1.84. The van der Waals surface area contributed by atoms with Gasteiger partial charge >= 0.3 is 0 Å². The van der Waals surface area contributed by atoms with E-state index < -0.39 is 0 Å². The van der Waals surface area contributed by atoms with E-state index in [0.717, 1.165) is 0 Å². The zero-order valence-corrected chi connectivity index (χ0v) is 14.2. The minimum atomic E-state index is -0.233. The Balaban J connectivity index is 2.22. The number of aliphatic hydroxyl groups excluding tert-OH is 1. The topological polar surface area (TPSA) is 60.2 Å². The molecule has 0 aromatic carbocycles. The van der Waals surface area contributed by atoms with E-state index in [4.69, 9.17) is 5.41 Å². The predicted molar refractivity (Wildman–Crippen MR) is 88.8 cm³/mol. The second-order valence-electron chi connectivity index (χ2n) is 8.00. The van der Waals surface area contributed by atoms with Crippen LogP contribution in [0.4, 0.5) is 0 Å². The van der Waals surface area contributed by atoms with E-state index in [2.05, 4.69) is 51.4 Å². The van der Waals surface area contributed by atoms with Crippen LogP contribution in [0.5, 0.6) is 0 Å². The van der Waals surface area contributed by atoms with Crippen molar-refractivity contribution in [3.05, 3.63) is 35.8 Å². The summed E-state index contributed by atoms with van der Waals surface area (Å²) in [5, 5.41) is 19.6. The van der Waals surface area contributed by atoms with Gasteiger partial charge in [-0.15, -0.1) is 0 Å². The molecule has 2 aliphatic rings. The van der Waals surface area contributed by atoms with Crippen molar-refractivity contribution in [2.24, 2.45) is 10.8 Å². The Labute approximate surface area is 132 Å². The summed E-state index contributed by atoms with van der Waals surface area (Å²) in [6.45, 7) is 13.2. The van der Waals surface area contributed by atoms with E-state index in [1.165, 1.54) is 0 Å². The van der Waals surface area contributed by atoms with Crippen LogP contribution in [0.15, 0.2) is 30.2 Å². The van der Waals surface area contributed by atoms with Gasteiger partial charge in [0.15, 0.2) is 0 Å². The first kappa shape index (κ1) is 15.1. The number of amidine groups is 1. The summed E-state index contributed by atoms with van der Waals surface area (Å²) in [6.07, 6.45) is 1.70. The number of hydrogen-bond donors (Lipinski definition) is 2. The van der Waals surface area contributed by atoms with Gasteiger partial charge in [0, 0.05) is 11.7 Å². The van der Waals surface area contributed by atoms with Crippen LogP contribution in [0.3, 0.4) is 0 Å². The summed E-state index contributed by atoms with van der Waals surface area (Å²) in [5.74, 6) is 0.664. The lowest BCUT2D eigenvalue weighted by Gasteiger charge is -2.45. The Morgan fingerprint density at radius 3 is 2.27 bits per heavy atom. The summed E-state index contributed by atoms with van der Waals surface area (Å²) in [4.78, 5) is 6.41. The average molecular weight is 299 g/mol. The zero-order chi connectivity index (χ0) is 16.5. The first-order valence-electron chi connectivity index (χ1n) is 7.78.